The molecule has 5 rings (SSSR count). The lowest BCUT2D eigenvalue weighted by Gasteiger charge is -2.36. The summed E-state index contributed by atoms with van der Waals surface area (Å²) in [6.07, 6.45) is 6.52. The average Bonchev–Trinajstić information content (AvgIpc) is 3.18. The third-order valence-corrected chi connectivity index (χ3v) is 6.42. The zero-order valence-corrected chi connectivity index (χ0v) is 16.2. The van der Waals surface area contributed by atoms with Gasteiger partial charge < -0.3 is 20.1 Å². The van der Waals surface area contributed by atoms with Gasteiger partial charge in [-0.3, -0.25) is 0 Å². The number of ether oxygens (including phenoxy) is 1. The molecule has 0 amide bonds. The van der Waals surface area contributed by atoms with Crippen molar-refractivity contribution in [3.8, 4) is 0 Å². The van der Waals surface area contributed by atoms with E-state index < -0.39 is 0 Å². The molecule has 0 aromatic heterocycles. The molecule has 6 heteroatoms. The summed E-state index contributed by atoms with van der Waals surface area (Å²) in [6, 6.07) is 8.64. The topological polar surface area (TPSA) is 69.5 Å². The van der Waals surface area contributed by atoms with E-state index in [1.807, 2.05) is 0 Å². The van der Waals surface area contributed by atoms with Crippen LogP contribution in [0.25, 0.3) is 0 Å². The summed E-state index contributed by atoms with van der Waals surface area (Å²) in [5.41, 5.74) is 4.80. The number of aliphatic hydroxyl groups is 1. The van der Waals surface area contributed by atoms with Crippen molar-refractivity contribution in [2.75, 3.05) is 38.2 Å². The Morgan fingerprint density at radius 2 is 2.11 bits per heavy atom. The maximum atomic E-state index is 9.54. The van der Waals surface area contributed by atoms with Crippen LogP contribution in [0.4, 0.5) is 5.69 Å². The van der Waals surface area contributed by atoms with Crippen molar-refractivity contribution in [2.45, 2.75) is 37.8 Å². The molecular formula is C22H28N4O2. The van der Waals surface area contributed by atoms with Gasteiger partial charge in [0.15, 0.2) is 0 Å². The molecule has 2 fully saturated rings. The van der Waals surface area contributed by atoms with E-state index in [2.05, 4.69) is 40.6 Å². The third-order valence-electron chi connectivity index (χ3n) is 6.42. The van der Waals surface area contributed by atoms with Crippen LogP contribution in [-0.4, -0.2) is 60.8 Å². The van der Waals surface area contributed by atoms with Gasteiger partial charge in [0.05, 0.1) is 18.9 Å². The number of hydrogen-bond acceptors (Lipinski definition) is 6. The first-order valence-electron chi connectivity index (χ1n) is 10.5. The van der Waals surface area contributed by atoms with Gasteiger partial charge in [-0.05, 0) is 55.2 Å². The van der Waals surface area contributed by atoms with E-state index in [0.29, 0.717) is 11.8 Å². The maximum Gasteiger partial charge on any atom is 0.223 e. The van der Waals surface area contributed by atoms with E-state index >= 15 is 0 Å². The highest BCUT2D eigenvalue weighted by molar-refractivity contribution is 6.11. The van der Waals surface area contributed by atoms with Crippen LogP contribution in [-0.2, 0) is 4.74 Å². The van der Waals surface area contributed by atoms with Gasteiger partial charge in [-0.15, -0.1) is 0 Å². The SMILES string of the molecule is OCC1CCC1c1cccc(NC2N=C(N3CCOCC3)N=C3CCC=C32)c1. The number of hydrogen-bond donors (Lipinski definition) is 2. The van der Waals surface area contributed by atoms with Crippen LogP contribution in [0.2, 0.25) is 0 Å². The smallest absolute Gasteiger partial charge is 0.223 e. The zero-order chi connectivity index (χ0) is 18.9. The first kappa shape index (κ1) is 17.9. The molecule has 0 bridgehead atoms. The summed E-state index contributed by atoms with van der Waals surface area (Å²) in [4.78, 5) is 12.0. The molecule has 3 atom stereocenters. The van der Waals surface area contributed by atoms with Gasteiger partial charge in [-0.25, -0.2) is 9.98 Å². The van der Waals surface area contributed by atoms with E-state index in [1.54, 1.807) is 0 Å². The number of aliphatic imine (C=N–C) groups is 2. The third kappa shape index (κ3) is 3.35. The first-order chi connectivity index (χ1) is 13.8. The van der Waals surface area contributed by atoms with E-state index in [1.165, 1.54) is 23.3 Å². The molecule has 1 saturated heterocycles. The molecule has 2 N–H and O–H groups in total. The predicted octanol–water partition coefficient (Wildman–Crippen LogP) is 2.77. The van der Waals surface area contributed by atoms with Crippen LogP contribution < -0.4 is 5.32 Å². The second-order valence-electron chi connectivity index (χ2n) is 8.08. The Balaban J connectivity index is 1.37. The van der Waals surface area contributed by atoms with Gasteiger partial charge in [-0.2, -0.15) is 0 Å². The fraction of sp³-hybridized carbons (Fsp3) is 0.545. The molecule has 3 unspecified atom stereocenters. The summed E-state index contributed by atoms with van der Waals surface area (Å²) in [6.45, 7) is 3.45. The molecule has 4 aliphatic rings. The van der Waals surface area contributed by atoms with Crippen molar-refractivity contribution in [3.63, 3.8) is 0 Å². The predicted molar refractivity (Wildman–Crippen MR) is 111 cm³/mol. The molecule has 0 spiro atoms. The van der Waals surface area contributed by atoms with E-state index in [0.717, 1.165) is 57.2 Å². The molecule has 1 aromatic rings. The van der Waals surface area contributed by atoms with Gasteiger partial charge in [0, 0.05) is 31.0 Å². The number of aliphatic hydroxyl groups excluding tert-OH is 1. The molecule has 148 valence electrons. The van der Waals surface area contributed by atoms with Gasteiger partial charge in [0.2, 0.25) is 5.96 Å². The minimum Gasteiger partial charge on any atom is -0.396 e. The van der Waals surface area contributed by atoms with Crippen LogP contribution in [0.3, 0.4) is 0 Å². The van der Waals surface area contributed by atoms with Gasteiger partial charge in [0.25, 0.3) is 0 Å². The van der Waals surface area contributed by atoms with Crippen LogP contribution >= 0.6 is 0 Å². The standard InChI is InChI=1S/C22H28N4O2/c27-14-16-7-8-18(16)15-3-1-4-17(13-15)23-21-19-5-2-6-20(19)24-22(25-21)26-9-11-28-12-10-26/h1,3-5,13,16,18,21,23,27H,2,6-12,14H2. The Hall–Kier alpha value is -2.18. The van der Waals surface area contributed by atoms with Crippen molar-refractivity contribution in [2.24, 2.45) is 15.9 Å². The lowest BCUT2D eigenvalue weighted by molar-refractivity contribution is 0.0674. The van der Waals surface area contributed by atoms with Crippen molar-refractivity contribution in [1.29, 1.82) is 0 Å². The lowest BCUT2D eigenvalue weighted by atomic mass is 9.70. The number of allylic oxidation sites excluding steroid dienone is 1. The van der Waals surface area contributed by atoms with Gasteiger partial charge >= 0.3 is 0 Å². The van der Waals surface area contributed by atoms with Crippen LogP contribution in [0.15, 0.2) is 45.9 Å². The summed E-state index contributed by atoms with van der Waals surface area (Å²) < 4.78 is 5.48. The highest BCUT2D eigenvalue weighted by atomic mass is 16.5. The zero-order valence-electron chi connectivity index (χ0n) is 16.2. The molecule has 1 saturated carbocycles. The quantitative estimate of drug-likeness (QED) is 0.843. The van der Waals surface area contributed by atoms with Crippen LogP contribution in [0.5, 0.6) is 0 Å². The van der Waals surface area contributed by atoms with E-state index in [-0.39, 0.29) is 12.8 Å². The fourth-order valence-electron chi connectivity index (χ4n) is 4.62. The highest BCUT2D eigenvalue weighted by Crippen LogP contribution is 2.42. The maximum absolute atomic E-state index is 9.54. The molecule has 2 aliphatic heterocycles. The molecule has 28 heavy (non-hydrogen) atoms. The Morgan fingerprint density at radius 1 is 1.21 bits per heavy atom. The molecular weight excluding hydrogens is 352 g/mol. The number of guanidine groups is 1. The van der Waals surface area contributed by atoms with Crippen LogP contribution in [0.1, 0.15) is 37.2 Å². The Labute approximate surface area is 166 Å². The second-order valence-corrected chi connectivity index (χ2v) is 8.08. The van der Waals surface area contributed by atoms with Gasteiger partial charge in [-0.1, -0.05) is 18.2 Å². The minimum absolute atomic E-state index is 0.0851. The monoisotopic (exact) mass is 380 g/mol. The fourth-order valence-corrected chi connectivity index (χ4v) is 4.62. The first-order valence-corrected chi connectivity index (χ1v) is 10.5. The van der Waals surface area contributed by atoms with E-state index in [4.69, 9.17) is 14.7 Å². The Morgan fingerprint density at radius 3 is 2.89 bits per heavy atom. The van der Waals surface area contributed by atoms with Crippen molar-refractivity contribution < 1.29 is 9.84 Å². The van der Waals surface area contributed by atoms with Crippen molar-refractivity contribution in [1.82, 2.24) is 4.90 Å². The van der Waals surface area contributed by atoms with Gasteiger partial charge in [0.1, 0.15) is 6.17 Å². The number of rotatable bonds is 4. The lowest BCUT2D eigenvalue weighted by Crippen LogP contribution is -2.43. The van der Waals surface area contributed by atoms with E-state index in [9.17, 15) is 5.11 Å². The molecule has 2 aliphatic carbocycles. The summed E-state index contributed by atoms with van der Waals surface area (Å²) in [5.74, 6) is 1.73. The summed E-state index contributed by atoms with van der Waals surface area (Å²) >= 11 is 0. The molecule has 2 heterocycles. The number of fused-ring (bicyclic) bond motifs is 1. The largest absolute Gasteiger partial charge is 0.396 e. The molecule has 0 radical (unpaired) electrons. The minimum atomic E-state index is -0.0851. The van der Waals surface area contributed by atoms with Crippen molar-refractivity contribution in [3.05, 3.63) is 41.5 Å². The second kappa shape index (κ2) is 7.68. The highest BCUT2D eigenvalue weighted by Gasteiger charge is 2.32. The average molecular weight is 380 g/mol. The normalized spacial score (nSPS) is 29.4. The number of benzene rings is 1. The molecule has 1 aromatic carbocycles. The Kier molecular flexibility index (Phi) is 4.91. The van der Waals surface area contributed by atoms with Crippen molar-refractivity contribution >= 4 is 17.4 Å². The Bertz CT molecular complexity index is 824. The number of nitrogens with one attached hydrogen (secondary N) is 1. The number of anilines is 1. The van der Waals surface area contributed by atoms with Crippen LogP contribution in [0, 0.1) is 5.92 Å². The summed E-state index contributed by atoms with van der Waals surface area (Å²) in [5, 5.41) is 13.2. The summed E-state index contributed by atoms with van der Waals surface area (Å²) in [7, 11) is 0. The number of morpholine rings is 1. The molecule has 6 nitrogen and oxygen atoms in total. The number of nitrogens with zero attached hydrogens (tertiary/aromatic N) is 3.